The minimum atomic E-state index is 0. The van der Waals surface area contributed by atoms with Crippen LogP contribution in [0.3, 0.4) is 0 Å². The van der Waals surface area contributed by atoms with Crippen molar-refractivity contribution in [3.63, 3.8) is 0 Å². The van der Waals surface area contributed by atoms with Crippen LogP contribution >= 0.6 is 24.8 Å². The summed E-state index contributed by atoms with van der Waals surface area (Å²) in [6.45, 7) is 4.69. The number of amides is 1. The first-order valence-corrected chi connectivity index (χ1v) is 12.0. The summed E-state index contributed by atoms with van der Waals surface area (Å²) >= 11 is 0. The smallest absolute Gasteiger partial charge is 0.254 e. The molecule has 0 bridgehead atoms. The van der Waals surface area contributed by atoms with E-state index < -0.39 is 0 Å². The highest BCUT2D eigenvalue weighted by molar-refractivity contribution is 5.97. The molecule has 7 nitrogen and oxygen atoms in total. The Balaban J connectivity index is 0.00000228. The third-order valence-corrected chi connectivity index (χ3v) is 7.02. The highest BCUT2D eigenvalue weighted by Gasteiger charge is 2.30. The standard InChI is InChI=1S/C27H36N2O5.2ClH/c1-31-23-8-7-19(14-24(23)32-2)9-12-28-11-5-6-20(17-28)18-29-13-10-21-15-25(33-3)26(34-4)16-22(21)27(29)30;;/h7-8,14-16,20H,5-6,9-13,17-18H2,1-4H3;2*1H. The van der Waals surface area contributed by atoms with Crippen molar-refractivity contribution in [2.45, 2.75) is 25.7 Å². The predicted octanol–water partition coefficient (Wildman–Crippen LogP) is 4.52. The molecule has 0 aromatic heterocycles. The van der Waals surface area contributed by atoms with Gasteiger partial charge in [-0.2, -0.15) is 0 Å². The first-order chi connectivity index (χ1) is 16.6. The van der Waals surface area contributed by atoms with Gasteiger partial charge in [0.25, 0.3) is 5.91 Å². The molecule has 1 atom stereocenters. The first-order valence-electron chi connectivity index (χ1n) is 12.0. The van der Waals surface area contributed by atoms with Gasteiger partial charge in [0.05, 0.1) is 28.4 Å². The van der Waals surface area contributed by atoms with E-state index in [0.29, 0.717) is 17.4 Å². The van der Waals surface area contributed by atoms with Gasteiger partial charge in [-0.1, -0.05) is 6.07 Å². The number of rotatable bonds is 9. The van der Waals surface area contributed by atoms with Crippen molar-refractivity contribution in [3.8, 4) is 23.0 Å². The molecule has 0 saturated carbocycles. The van der Waals surface area contributed by atoms with Crippen LogP contribution in [0.5, 0.6) is 23.0 Å². The van der Waals surface area contributed by atoms with Gasteiger partial charge in [0, 0.05) is 31.7 Å². The second-order valence-corrected chi connectivity index (χ2v) is 9.11. The first kappa shape index (κ1) is 29.9. The highest BCUT2D eigenvalue weighted by atomic mass is 35.5. The van der Waals surface area contributed by atoms with Crippen LogP contribution in [0.4, 0.5) is 0 Å². The fraction of sp³-hybridized carbons (Fsp3) is 0.519. The lowest BCUT2D eigenvalue weighted by atomic mass is 9.93. The summed E-state index contributed by atoms with van der Waals surface area (Å²) in [5.74, 6) is 3.41. The Bertz CT molecular complexity index is 1020. The lowest BCUT2D eigenvalue weighted by Gasteiger charge is -2.37. The van der Waals surface area contributed by atoms with Gasteiger partial charge in [0.2, 0.25) is 0 Å². The molecule has 0 N–H and O–H groups in total. The van der Waals surface area contributed by atoms with Crippen molar-refractivity contribution in [2.24, 2.45) is 5.92 Å². The van der Waals surface area contributed by atoms with E-state index in [1.54, 1.807) is 28.4 Å². The van der Waals surface area contributed by atoms with Crippen LogP contribution in [-0.2, 0) is 12.8 Å². The second-order valence-electron chi connectivity index (χ2n) is 9.11. The van der Waals surface area contributed by atoms with E-state index in [0.717, 1.165) is 74.6 Å². The molecule has 200 valence electrons. The molecule has 1 amide bonds. The van der Waals surface area contributed by atoms with Gasteiger partial charge in [-0.05, 0) is 73.5 Å². The number of carbonyl (C=O) groups is 1. The average molecular weight is 542 g/mol. The van der Waals surface area contributed by atoms with Crippen molar-refractivity contribution in [1.82, 2.24) is 9.80 Å². The molecule has 36 heavy (non-hydrogen) atoms. The highest BCUT2D eigenvalue weighted by Crippen LogP contribution is 2.34. The Morgan fingerprint density at radius 2 is 1.53 bits per heavy atom. The van der Waals surface area contributed by atoms with Crippen molar-refractivity contribution in [1.29, 1.82) is 0 Å². The average Bonchev–Trinajstić information content (AvgIpc) is 2.88. The SMILES string of the molecule is COc1ccc(CCN2CCCC(CN3CCc4cc(OC)c(OC)cc4C3=O)C2)cc1OC.Cl.Cl. The number of ether oxygens (including phenoxy) is 4. The summed E-state index contributed by atoms with van der Waals surface area (Å²) in [4.78, 5) is 17.8. The lowest BCUT2D eigenvalue weighted by molar-refractivity contribution is 0.0661. The van der Waals surface area contributed by atoms with Gasteiger partial charge >= 0.3 is 0 Å². The molecule has 1 unspecified atom stereocenters. The molecule has 2 aromatic rings. The summed E-state index contributed by atoms with van der Waals surface area (Å²) in [6, 6.07) is 9.92. The van der Waals surface area contributed by atoms with Crippen molar-refractivity contribution in [3.05, 3.63) is 47.0 Å². The van der Waals surface area contributed by atoms with Crippen LogP contribution < -0.4 is 18.9 Å². The fourth-order valence-electron chi connectivity index (χ4n) is 5.17. The minimum absolute atomic E-state index is 0. The lowest BCUT2D eigenvalue weighted by Crippen LogP contribution is -2.45. The Kier molecular flexibility index (Phi) is 11.5. The zero-order chi connectivity index (χ0) is 24.1. The number of hydrogen-bond donors (Lipinski definition) is 0. The van der Waals surface area contributed by atoms with E-state index in [1.165, 1.54) is 12.0 Å². The maximum absolute atomic E-state index is 13.3. The van der Waals surface area contributed by atoms with Crippen molar-refractivity contribution < 1.29 is 23.7 Å². The van der Waals surface area contributed by atoms with Crippen LogP contribution in [0.2, 0.25) is 0 Å². The van der Waals surface area contributed by atoms with Gasteiger partial charge in [0.1, 0.15) is 0 Å². The second kappa shape index (κ2) is 13.8. The van der Waals surface area contributed by atoms with Gasteiger partial charge in [-0.25, -0.2) is 0 Å². The molecule has 2 heterocycles. The number of carbonyl (C=O) groups excluding carboxylic acids is 1. The molecule has 0 spiro atoms. The number of halogens is 2. The van der Waals surface area contributed by atoms with Gasteiger partial charge in [-0.15, -0.1) is 24.8 Å². The number of benzene rings is 2. The van der Waals surface area contributed by atoms with Gasteiger partial charge in [-0.3, -0.25) is 4.79 Å². The normalized spacial score (nSPS) is 17.4. The molecule has 0 aliphatic carbocycles. The van der Waals surface area contributed by atoms with Crippen LogP contribution in [0, 0.1) is 5.92 Å². The van der Waals surface area contributed by atoms with Crippen LogP contribution in [0.1, 0.15) is 34.3 Å². The number of likely N-dealkylation sites (tertiary alicyclic amines) is 1. The van der Waals surface area contributed by atoms with Crippen LogP contribution in [0.15, 0.2) is 30.3 Å². The molecule has 9 heteroatoms. The van der Waals surface area contributed by atoms with Gasteiger partial charge < -0.3 is 28.7 Å². The molecular formula is C27H38Cl2N2O5. The van der Waals surface area contributed by atoms with Gasteiger partial charge in [0.15, 0.2) is 23.0 Å². The number of fused-ring (bicyclic) bond motifs is 1. The topological polar surface area (TPSA) is 60.5 Å². The zero-order valence-electron chi connectivity index (χ0n) is 21.6. The quantitative estimate of drug-likeness (QED) is 0.466. The summed E-state index contributed by atoms with van der Waals surface area (Å²) in [5.41, 5.74) is 3.02. The number of methoxy groups -OCH3 is 4. The Labute approximate surface area is 226 Å². The third kappa shape index (κ3) is 6.69. The van der Waals surface area contributed by atoms with E-state index >= 15 is 0 Å². The molecule has 2 aromatic carbocycles. The van der Waals surface area contributed by atoms with E-state index in [9.17, 15) is 4.79 Å². The minimum Gasteiger partial charge on any atom is -0.493 e. The Morgan fingerprint density at radius 3 is 2.22 bits per heavy atom. The molecular weight excluding hydrogens is 503 g/mol. The maximum atomic E-state index is 13.3. The maximum Gasteiger partial charge on any atom is 0.254 e. The zero-order valence-corrected chi connectivity index (χ0v) is 23.2. The van der Waals surface area contributed by atoms with Crippen LogP contribution in [0.25, 0.3) is 0 Å². The van der Waals surface area contributed by atoms with E-state index in [1.807, 2.05) is 23.1 Å². The van der Waals surface area contributed by atoms with Crippen molar-refractivity contribution >= 4 is 30.7 Å². The summed E-state index contributed by atoms with van der Waals surface area (Å²) in [5, 5.41) is 0. The Morgan fingerprint density at radius 1 is 0.861 bits per heavy atom. The van der Waals surface area contributed by atoms with E-state index in [-0.39, 0.29) is 30.7 Å². The number of nitrogens with zero attached hydrogens (tertiary/aromatic N) is 2. The molecule has 1 saturated heterocycles. The third-order valence-electron chi connectivity index (χ3n) is 7.02. The van der Waals surface area contributed by atoms with E-state index in [4.69, 9.17) is 18.9 Å². The predicted molar refractivity (Wildman–Crippen MR) is 146 cm³/mol. The van der Waals surface area contributed by atoms with Crippen molar-refractivity contribution in [2.75, 3.05) is 61.2 Å². The molecule has 2 aliphatic rings. The number of piperidine rings is 1. The molecule has 4 rings (SSSR count). The number of hydrogen-bond acceptors (Lipinski definition) is 6. The summed E-state index contributed by atoms with van der Waals surface area (Å²) in [7, 11) is 6.56. The van der Waals surface area contributed by atoms with Crippen LogP contribution in [-0.4, -0.2) is 76.9 Å². The van der Waals surface area contributed by atoms with E-state index in [2.05, 4.69) is 17.0 Å². The monoisotopic (exact) mass is 540 g/mol. The molecule has 2 aliphatic heterocycles. The summed E-state index contributed by atoms with van der Waals surface area (Å²) in [6.07, 6.45) is 4.14. The molecule has 1 fully saturated rings. The Hall–Kier alpha value is -2.35. The largest absolute Gasteiger partial charge is 0.493 e. The summed E-state index contributed by atoms with van der Waals surface area (Å²) < 4.78 is 21.6. The molecule has 0 radical (unpaired) electrons. The fourth-order valence-corrected chi connectivity index (χ4v) is 5.17.